The average molecular weight is 309 g/mol. The van der Waals surface area contributed by atoms with E-state index in [9.17, 15) is 27.9 Å². The molecule has 0 aromatic heterocycles. The van der Waals surface area contributed by atoms with Crippen molar-refractivity contribution in [3.63, 3.8) is 0 Å². The molecule has 2 saturated carbocycles. The van der Waals surface area contributed by atoms with Crippen LogP contribution in [0.1, 0.15) is 39.0 Å². The predicted molar refractivity (Wildman–Crippen MR) is 65.5 cm³/mol. The maximum absolute atomic E-state index is 13.0. The molecular formula is C13H18F3NO4. The van der Waals surface area contributed by atoms with Crippen LogP contribution in [0.5, 0.6) is 0 Å². The van der Waals surface area contributed by atoms with E-state index in [1.54, 1.807) is 0 Å². The number of carbonyl (C=O) groups excluding carboxylic acids is 1. The Hall–Kier alpha value is -1.31. The van der Waals surface area contributed by atoms with Crippen LogP contribution in [0.3, 0.4) is 0 Å². The second-order valence-corrected chi connectivity index (χ2v) is 6.47. The van der Waals surface area contributed by atoms with Crippen molar-refractivity contribution in [2.75, 3.05) is 7.11 Å². The summed E-state index contributed by atoms with van der Waals surface area (Å²) < 4.78 is 43.4. The molecule has 0 aromatic carbocycles. The molecule has 5 nitrogen and oxygen atoms in total. The number of alkyl halides is 3. The second kappa shape index (κ2) is 4.59. The first-order chi connectivity index (χ1) is 9.48. The molecule has 0 unspecified atom stereocenters. The number of carbonyl (C=O) groups is 2. The minimum absolute atomic E-state index is 0.133. The summed E-state index contributed by atoms with van der Waals surface area (Å²) in [4.78, 5) is 23.2. The van der Waals surface area contributed by atoms with Gasteiger partial charge in [0.05, 0.1) is 0 Å². The summed E-state index contributed by atoms with van der Waals surface area (Å²) in [6.45, 7) is 1.88. The van der Waals surface area contributed by atoms with Crippen LogP contribution < -0.4 is 5.32 Å². The standard InChI is InChI=1S/C13H18F3NO4/c1-10(3-4-10)5-8(18)17-11(9(19)20)6-12(7-11,21-2)13(14,15)16/h3-7H2,1-2H3,(H,17,18)(H,19,20). The first-order valence-corrected chi connectivity index (χ1v) is 6.64. The third kappa shape index (κ3) is 2.73. The van der Waals surface area contributed by atoms with Gasteiger partial charge in [-0.3, -0.25) is 4.79 Å². The molecule has 0 atom stereocenters. The number of carboxylic acids is 1. The molecule has 0 radical (unpaired) electrons. The highest BCUT2D eigenvalue weighted by Crippen LogP contribution is 2.54. The summed E-state index contributed by atoms with van der Waals surface area (Å²) in [7, 11) is 0.895. The van der Waals surface area contributed by atoms with E-state index in [2.05, 4.69) is 10.1 Å². The lowest BCUT2D eigenvalue weighted by Crippen LogP contribution is -2.74. The molecule has 0 aromatic rings. The third-order valence-electron chi connectivity index (χ3n) is 4.56. The fourth-order valence-electron chi connectivity index (χ4n) is 2.77. The molecule has 120 valence electrons. The Morgan fingerprint density at radius 3 is 2.14 bits per heavy atom. The van der Waals surface area contributed by atoms with Gasteiger partial charge in [-0.25, -0.2) is 4.79 Å². The maximum atomic E-state index is 13.0. The van der Waals surface area contributed by atoms with Crippen molar-refractivity contribution in [1.82, 2.24) is 5.32 Å². The molecule has 0 spiro atoms. The van der Waals surface area contributed by atoms with Crippen molar-refractivity contribution >= 4 is 11.9 Å². The number of aliphatic carboxylic acids is 1. The molecule has 2 aliphatic carbocycles. The minimum Gasteiger partial charge on any atom is -0.480 e. The van der Waals surface area contributed by atoms with E-state index in [1.165, 1.54) is 0 Å². The third-order valence-corrected chi connectivity index (χ3v) is 4.56. The van der Waals surface area contributed by atoms with Crippen molar-refractivity contribution in [1.29, 1.82) is 0 Å². The SMILES string of the molecule is COC1(C(F)(F)F)CC(NC(=O)CC2(C)CC2)(C(=O)O)C1. The fraction of sp³-hybridized carbons (Fsp3) is 0.846. The number of rotatable bonds is 5. The molecule has 0 heterocycles. The molecule has 1 amide bonds. The Morgan fingerprint density at radius 1 is 1.29 bits per heavy atom. The van der Waals surface area contributed by atoms with Gasteiger partial charge in [-0.15, -0.1) is 0 Å². The van der Waals surface area contributed by atoms with Crippen LogP contribution in [-0.2, 0) is 14.3 Å². The van der Waals surface area contributed by atoms with Gasteiger partial charge >= 0.3 is 12.1 Å². The normalized spacial score (nSPS) is 34.0. The lowest BCUT2D eigenvalue weighted by Gasteiger charge is -2.53. The Bertz CT molecular complexity index is 465. The van der Waals surface area contributed by atoms with E-state index < -0.39 is 42.0 Å². The molecule has 21 heavy (non-hydrogen) atoms. The number of amides is 1. The fourth-order valence-corrected chi connectivity index (χ4v) is 2.77. The van der Waals surface area contributed by atoms with Gasteiger partial charge in [0.1, 0.15) is 5.54 Å². The van der Waals surface area contributed by atoms with E-state index in [0.717, 1.165) is 20.0 Å². The van der Waals surface area contributed by atoms with Gasteiger partial charge < -0.3 is 15.2 Å². The van der Waals surface area contributed by atoms with Gasteiger partial charge in [0.25, 0.3) is 0 Å². The van der Waals surface area contributed by atoms with Crippen LogP contribution >= 0.6 is 0 Å². The zero-order valence-electron chi connectivity index (χ0n) is 11.8. The summed E-state index contributed by atoms with van der Waals surface area (Å²) in [6.07, 6.45) is -4.42. The molecule has 2 N–H and O–H groups in total. The lowest BCUT2D eigenvalue weighted by atomic mass is 9.64. The zero-order valence-corrected chi connectivity index (χ0v) is 11.8. The van der Waals surface area contributed by atoms with Gasteiger partial charge in [-0.1, -0.05) is 6.92 Å². The Kier molecular flexibility index (Phi) is 3.51. The number of ether oxygens (including phenoxy) is 1. The van der Waals surface area contributed by atoms with E-state index in [0.29, 0.717) is 0 Å². The number of methoxy groups -OCH3 is 1. The van der Waals surface area contributed by atoms with Crippen molar-refractivity contribution in [2.24, 2.45) is 5.41 Å². The summed E-state index contributed by atoms with van der Waals surface area (Å²) >= 11 is 0. The van der Waals surface area contributed by atoms with Crippen molar-refractivity contribution in [3.05, 3.63) is 0 Å². The van der Waals surface area contributed by atoms with Gasteiger partial charge in [0, 0.05) is 26.4 Å². The molecule has 8 heteroatoms. The summed E-state index contributed by atoms with van der Waals surface area (Å²) in [5.74, 6) is -1.99. The first kappa shape index (κ1) is 16.1. The van der Waals surface area contributed by atoms with Gasteiger partial charge in [0.2, 0.25) is 5.91 Å². The maximum Gasteiger partial charge on any atom is 0.417 e. The molecule has 2 rings (SSSR count). The summed E-state index contributed by atoms with van der Waals surface area (Å²) in [6, 6.07) is 0. The minimum atomic E-state index is -4.67. The highest BCUT2D eigenvalue weighted by Gasteiger charge is 2.72. The van der Waals surface area contributed by atoms with Crippen LogP contribution in [0.25, 0.3) is 0 Å². The zero-order chi connectivity index (χ0) is 16.1. The smallest absolute Gasteiger partial charge is 0.417 e. The number of hydrogen-bond donors (Lipinski definition) is 2. The summed E-state index contributed by atoms with van der Waals surface area (Å²) in [5.41, 5.74) is -4.54. The lowest BCUT2D eigenvalue weighted by molar-refractivity contribution is -0.312. The molecule has 0 aliphatic heterocycles. The van der Waals surface area contributed by atoms with E-state index in [4.69, 9.17) is 0 Å². The highest BCUT2D eigenvalue weighted by molar-refractivity contribution is 5.89. The molecule has 0 bridgehead atoms. The highest BCUT2D eigenvalue weighted by atomic mass is 19.4. The van der Waals surface area contributed by atoms with Crippen molar-refractivity contribution in [3.8, 4) is 0 Å². The quantitative estimate of drug-likeness (QED) is 0.813. The van der Waals surface area contributed by atoms with Crippen LogP contribution in [0.2, 0.25) is 0 Å². The molecular weight excluding hydrogens is 291 g/mol. The number of carboxylic acid groups (broad SMARTS) is 1. The van der Waals surface area contributed by atoms with Crippen LogP contribution in [0, 0.1) is 5.41 Å². The Labute approximate surface area is 119 Å². The number of hydrogen-bond acceptors (Lipinski definition) is 3. The average Bonchev–Trinajstić information content (AvgIpc) is 2.98. The number of nitrogens with one attached hydrogen (secondary N) is 1. The van der Waals surface area contributed by atoms with Gasteiger partial charge in [0.15, 0.2) is 5.60 Å². The molecule has 2 aliphatic rings. The first-order valence-electron chi connectivity index (χ1n) is 6.64. The Morgan fingerprint density at radius 2 is 1.81 bits per heavy atom. The largest absolute Gasteiger partial charge is 0.480 e. The van der Waals surface area contributed by atoms with Crippen molar-refractivity contribution < 1.29 is 32.6 Å². The van der Waals surface area contributed by atoms with Crippen LogP contribution in [0.15, 0.2) is 0 Å². The van der Waals surface area contributed by atoms with E-state index >= 15 is 0 Å². The van der Waals surface area contributed by atoms with Gasteiger partial charge in [-0.05, 0) is 18.3 Å². The van der Waals surface area contributed by atoms with Gasteiger partial charge in [-0.2, -0.15) is 13.2 Å². The monoisotopic (exact) mass is 309 g/mol. The summed E-state index contributed by atoms with van der Waals surface area (Å²) in [5, 5.41) is 11.5. The van der Waals surface area contributed by atoms with E-state index in [-0.39, 0.29) is 11.8 Å². The van der Waals surface area contributed by atoms with Crippen molar-refractivity contribution in [2.45, 2.75) is 56.3 Å². The van der Waals surface area contributed by atoms with Crippen LogP contribution in [-0.4, -0.2) is 41.4 Å². The molecule has 0 saturated heterocycles. The second-order valence-electron chi connectivity index (χ2n) is 6.47. The van der Waals surface area contributed by atoms with Crippen LogP contribution in [0.4, 0.5) is 13.2 Å². The topological polar surface area (TPSA) is 75.6 Å². The van der Waals surface area contributed by atoms with E-state index in [1.807, 2.05) is 6.92 Å². The number of halogens is 3. The molecule has 2 fully saturated rings. The predicted octanol–water partition coefficient (Wildman–Crippen LogP) is 1.86. The Balaban J connectivity index is 2.07.